The molecule has 1 unspecified atom stereocenters. The molecule has 0 saturated carbocycles. The van der Waals surface area contributed by atoms with E-state index in [1.807, 2.05) is 0 Å². The first-order valence-corrected chi connectivity index (χ1v) is 2.10. The van der Waals surface area contributed by atoms with E-state index in [-0.39, 0.29) is 0 Å². The summed E-state index contributed by atoms with van der Waals surface area (Å²) in [7, 11) is 0. The molecule has 1 N–H and O–H groups in total. The van der Waals surface area contributed by atoms with Crippen LogP contribution < -0.4 is 0 Å². The maximum Gasteiger partial charge on any atom is 0.324 e. The Morgan fingerprint density at radius 1 is 2.00 bits per heavy atom. The molecule has 41 valence electrons. The number of carbonyl (C=O) groups is 1. The lowest BCUT2D eigenvalue weighted by Gasteiger charge is -2.05. The molecule has 0 bridgehead atoms. The first-order chi connectivity index (χ1) is 2.94. The minimum Gasteiger partial charge on any atom is -0.480 e. The number of rotatable bonds is 1. The van der Waals surface area contributed by atoms with Gasteiger partial charge in [0, 0.05) is 0 Å². The highest BCUT2D eigenvalue weighted by atomic mass is 35.5. The molecular formula is C4H6ClO2. The van der Waals surface area contributed by atoms with E-state index in [4.69, 9.17) is 16.7 Å². The van der Waals surface area contributed by atoms with Crippen molar-refractivity contribution in [1.82, 2.24) is 0 Å². The van der Waals surface area contributed by atoms with Crippen molar-refractivity contribution in [2.75, 3.05) is 0 Å². The summed E-state index contributed by atoms with van der Waals surface area (Å²) in [5.41, 5.74) is 0. The molecule has 0 aromatic heterocycles. The van der Waals surface area contributed by atoms with Gasteiger partial charge in [0.15, 0.2) is 0 Å². The zero-order chi connectivity index (χ0) is 6.08. The summed E-state index contributed by atoms with van der Waals surface area (Å²) in [5.74, 6) is -1.10. The minimum atomic E-state index is -1.36. The van der Waals surface area contributed by atoms with Crippen molar-refractivity contribution in [2.45, 2.75) is 11.8 Å². The van der Waals surface area contributed by atoms with E-state index in [9.17, 15) is 4.79 Å². The maximum atomic E-state index is 9.83. The SMILES string of the molecule is [CH2]C(C)(Cl)C(=O)O. The summed E-state index contributed by atoms with van der Waals surface area (Å²) >= 11 is 5.16. The third kappa shape index (κ3) is 2.45. The van der Waals surface area contributed by atoms with Crippen LogP contribution in [-0.2, 0) is 4.79 Å². The first-order valence-electron chi connectivity index (χ1n) is 1.72. The molecule has 0 aliphatic heterocycles. The number of alkyl halides is 1. The van der Waals surface area contributed by atoms with Gasteiger partial charge < -0.3 is 5.11 Å². The zero-order valence-corrected chi connectivity index (χ0v) is 4.70. The normalized spacial score (nSPS) is 11.3. The predicted molar refractivity (Wildman–Crippen MR) is 27.3 cm³/mol. The van der Waals surface area contributed by atoms with Gasteiger partial charge in [0.25, 0.3) is 0 Å². The molecule has 0 saturated heterocycles. The molecule has 0 fully saturated rings. The van der Waals surface area contributed by atoms with Gasteiger partial charge in [-0.1, -0.05) is 0 Å². The van der Waals surface area contributed by atoms with Crippen LogP contribution in [0.15, 0.2) is 0 Å². The van der Waals surface area contributed by atoms with Crippen LogP contribution in [0.5, 0.6) is 0 Å². The van der Waals surface area contributed by atoms with E-state index >= 15 is 0 Å². The fourth-order valence-electron chi connectivity index (χ4n) is 0. The summed E-state index contributed by atoms with van der Waals surface area (Å²) in [6, 6.07) is 0. The second-order valence-corrected chi connectivity index (χ2v) is 2.34. The fourth-order valence-corrected chi connectivity index (χ4v) is 0. The largest absolute Gasteiger partial charge is 0.480 e. The lowest BCUT2D eigenvalue weighted by Crippen LogP contribution is -2.23. The summed E-state index contributed by atoms with van der Waals surface area (Å²) in [6.45, 7) is 4.45. The molecule has 2 nitrogen and oxygen atoms in total. The number of halogens is 1. The van der Waals surface area contributed by atoms with Gasteiger partial charge in [-0.15, -0.1) is 11.6 Å². The standard InChI is InChI=1S/C4H6ClO2/c1-4(2,5)3(6)7/h1H2,2H3,(H,6,7). The molecular weight excluding hydrogens is 115 g/mol. The Hall–Kier alpha value is -0.240. The van der Waals surface area contributed by atoms with E-state index < -0.39 is 10.8 Å². The average molecular weight is 122 g/mol. The Labute approximate surface area is 47.1 Å². The Morgan fingerprint density at radius 2 is 2.14 bits per heavy atom. The van der Waals surface area contributed by atoms with Gasteiger partial charge in [0.05, 0.1) is 0 Å². The van der Waals surface area contributed by atoms with Crippen LogP contribution in [-0.4, -0.2) is 16.0 Å². The van der Waals surface area contributed by atoms with Crippen molar-refractivity contribution >= 4 is 17.6 Å². The van der Waals surface area contributed by atoms with Crippen LogP contribution >= 0.6 is 11.6 Å². The van der Waals surface area contributed by atoms with Crippen molar-refractivity contribution < 1.29 is 9.90 Å². The van der Waals surface area contributed by atoms with Gasteiger partial charge in [-0.05, 0) is 13.8 Å². The average Bonchev–Trinajstić information content (AvgIpc) is 1.31. The number of hydrogen-bond acceptors (Lipinski definition) is 1. The highest BCUT2D eigenvalue weighted by molar-refractivity contribution is 6.34. The number of carboxylic acids is 1. The first kappa shape index (κ1) is 6.76. The summed E-state index contributed by atoms with van der Waals surface area (Å²) in [6.07, 6.45) is 0. The van der Waals surface area contributed by atoms with Gasteiger partial charge in [0.2, 0.25) is 0 Å². The molecule has 0 aromatic carbocycles. The zero-order valence-electron chi connectivity index (χ0n) is 3.94. The number of carboxylic acid groups (broad SMARTS) is 1. The minimum absolute atomic E-state index is 1.10. The highest BCUT2D eigenvalue weighted by Gasteiger charge is 2.22. The molecule has 0 aromatic rings. The molecule has 0 amide bonds. The van der Waals surface area contributed by atoms with Crippen molar-refractivity contribution in [1.29, 1.82) is 0 Å². The van der Waals surface area contributed by atoms with Crippen molar-refractivity contribution in [2.24, 2.45) is 0 Å². The van der Waals surface area contributed by atoms with Crippen molar-refractivity contribution in [3.63, 3.8) is 0 Å². The van der Waals surface area contributed by atoms with Gasteiger partial charge in [-0.2, -0.15) is 0 Å². The molecule has 0 aliphatic carbocycles. The van der Waals surface area contributed by atoms with E-state index in [2.05, 4.69) is 6.92 Å². The molecule has 0 aliphatic rings. The monoisotopic (exact) mass is 121 g/mol. The van der Waals surface area contributed by atoms with Gasteiger partial charge >= 0.3 is 5.97 Å². The molecule has 1 atom stereocenters. The Morgan fingerprint density at radius 3 is 2.14 bits per heavy atom. The van der Waals surface area contributed by atoms with Crippen molar-refractivity contribution in [3.05, 3.63) is 6.92 Å². The molecule has 0 spiro atoms. The number of aliphatic carboxylic acids is 1. The lowest BCUT2D eigenvalue weighted by molar-refractivity contribution is -0.138. The fraction of sp³-hybridized carbons (Fsp3) is 0.500. The van der Waals surface area contributed by atoms with Gasteiger partial charge in [-0.25, -0.2) is 0 Å². The molecule has 0 heterocycles. The third-order valence-corrected chi connectivity index (χ3v) is 0.608. The van der Waals surface area contributed by atoms with E-state index in [0.29, 0.717) is 0 Å². The van der Waals surface area contributed by atoms with Gasteiger partial charge in [0.1, 0.15) is 4.87 Å². The van der Waals surface area contributed by atoms with Crippen LogP contribution in [0.2, 0.25) is 0 Å². The van der Waals surface area contributed by atoms with Crippen LogP contribution in [0.25, 0.3) is 0 Å². The van der Waals surface area contributed by atoms with Crippen LogP contribution in [0.4, 0.5) is 0 Å². The van der Waals surface area contributed by atoms with Crippen LogP contribution in [0.1, 0.15) is 6.92 Å². The third-order valence-electron chi connectivity index (χ3n) is 0.446. The van der Waals surface area contributed by atoms with Crippen LogP contribution in [0.3, 0.4) is 0 Å². The molecule has 0 rings (SSSR count). The lowest BCUT2D eigenvalue weighted by atomic mass is 10.2. The van der Waals surface area contributed by atoms with E-state index in [1.165, 1.54) is 6.92 Å². The number of hydrogen-bond donors (Lipinski definition) is 1. The Bertz CT molecular complexity index is 82.2. The predicted octanol–water partition coefficient (Wildman–Crippen LogP) is 0.903. The molecule has 1 radical (unpaired) electrons. The van der Waals surface area contributed by atoms with Crippen LogP contribution in [0, 0.1) is 6.92 Å². The highest BCUT2D eigenvalue weighted by Crippen LogP contribution is 2.10. The quantitative estimate of drug-likeness (QED) is 0.524. The maximum absolute atomic E-state index is 9.83. The Kier molecular flexibility index (Phi) is 1.64. The molecule has 3 heteroatoms. The second-order valence-electron chi connectivity index (χ2n) is 1.50. The summed E-state index contributed by atoms with van der Waals surface area (Å²) in [5, 5.41) is 8.06. The van der Waals surface area contributed by atoms with E-state index in [0.717, 1.165) is 0 Å². The summed E-state index contributed by atoms with van der Waals surface area (Å²) in [4.78, 5) is 8.47. The molecule has 7 heavy (non-hydrogen) atoms. The van der Waals surface area contributed by atoms with Crippen molar-refractivity contribution in [3.8, 4) is 0 Å². The topological polar surface area (TPSA) is 37.3 Å². The summed E-state index contributed by atoms with van der Waals surface area (Å²) < 4.78 is 0. The smallest absolute Gasteiger partial charge is 0.324 e. The van der Waals surface area contributed by atoms with Gasteiger partial charge in [-0.3, -0.25) is 4.79 Å². The van der Waals surface area contributed by atoms with E-state index in [1.54, 1.807) is 0 Å². The second kappa shape index (κ2) is 1.70. The Balaban J connectivity index is 3.79.